The van der Waals surface area contributed by atoms with Crippen molar-refractivity contribution in [2.45, 2.75) is 44.1 Å². The third kappa shape index (κ3) is 4.52. The number of fused-ring (bicyclic) bond motifs is 3. The van der Waals surface area contributed by atoms with E-state index in [4.69, 9.17) is 9.84 Å². The van der Waals surface area contributed by atoms with Gasteiger partial charge in [0.1, 0.15) is 6.61 Å². The Morgan fingerprint density at radius 1 is 1.00 bits per heavy atom. The van der Waals surface area contributed by atoms with E-state index in [-0.39, 0.29) is 42.7 Å². The van der Waals surface area contributed by atoms with Crippen molar-refractivity contribution in [3.63, 3.8) is 0 Å². The predicted octanol–water partition coefficient (Wildman–Crippen LogP) is 4.02. The van der Waals surface area contributed by atoms with Gasteiger partial charge in [0.15, 0.2) is 0 Å². The molecule has 7 nitrogen and oxygen atoms in total. The number of carbonyl (C=O) groups is 3. The van der Waals surface area contributed by atoms with Crippen molar-refractivity contribution in [1.29, 1.82) is 0 Å². The van der Waals surface area contributed by atoms with Crippen LogP contribution >= 0.6 is 0 Å². The van der Waals surface area contributed by atoms with Crippen molar-refractivity contribution in [3.05, 3.63) is 59.7 Å². The quantitative estimate of drug-likeness (QED) is 0.648. The van der Waals surface area contributed by atoms with Crippen molar-refractivity contribution < 1.29 is 24.2 Å². The summed E-state index contributed by atoms with van der Waals surface area (Å²) >= 11 is 0. The van der Waals surface area contributed by atoms with Gasteiger partial charge < -0.3 is 20.1 Å². The maximum atomic E-state index is 12.9. The number of ether oxygens (including phenoxy) is 1. The van der Waals surface area contributed by atoms with Gasteiger partial charge in [0, 0.05) is 31.0 Å². The second-order valence-electron chi connectivity index (χ2n) is 9.59. The Labute approximate surface area is 199 Å². The number of likely N-dealkylation sites (tertiary alicyclic amines) is 1. The summed E-state index contributed by atoms with van der Waals surface area (Å²) in [5.74, 6) is -0.874. The largest absolute Gasteiger partial charge is 0.481 e. The Bertz CT molecular complexity index is 1050. The third-order valence-electron chi connectivity index (χ3n) is 7.41. The van der Waals surface area contributed by atoms with Gasteiger partial charge >= 0.3 is 12.1 Å². The molecule has 34 heavy (non-hydrogen) atoms. The van der Waals surface area contributed by atoms with Gasteiger partial charge in [0.05, 0.1) is 6.42 Å². The third-order valence-corrected chi connectivity index (χ3v) is 7.41. The van der Waals surface area contributed by atoms with Gasteiger partial charge in [0.25, 0.3) is 0 Å². The highest BCUT2D eigenvalue weighted by Gasteiger charge is 2.46. The molecule has 1 saturated carbocycles. The molecule has 0 radical (unpaired) electrons. The molecule has 2 aromatic rings. The van der Waals surface area contributed by atoms with Crippen LogP contribution in [0.3, 0.4) is 0 Å². The zero-order valence-electron chi connectivity index (χ0n) is 19.1. The highest BCUT2D eigenvalue weighted by atomic mass is 16.5. The van der Waals surface area contributed by atoms with E-state index in [2.05, 4.69) is 29.6 Å². The van der Waals surface area contributed by atoms with E-state index in [0.29, 0.717) is 13.1 Å². The normalized spacial score (nSPS) is 23.1. The number of rotatable bonds is 7. The van der Waals surface area contributed by atoms with Gasteiger partial charge in [-0.2, -0.15) is 0 Å². The van der Waals surface area contributed by atoms with E-state index in [1.807, 2.05) is 24.3 Å². The summed E-state index contributed by atoms with van der Waals surface area (Å²) in [5, 5.41) is 12.0. The molecule has 3 atom stereocenters. The predicted molar refractivity (Wildman–Crippen MR) is 126 cm³/mol. The lowest BCUT2D eigenvalue weighted by molar-refractivity contribution is -0.142. The molecule has 5 rings (SSSR count). The number of hydrogen-bond donors (Lipinski definition) is 2. The number of carboxylic acids is 1. The first-order valence-electron chi connectivity index (χ1n) is 12.1. The Hall–Kier alpha value is -3.35. The van der Waals surface area contributed by atoms with Crippen molar-refractivity contribution in [1.82, 2.24) is 10.2 Å². The van der Waals surface area contributed by atoms with Gasteiger partial charge in [-0.15, -0.1) is 0 Å². The molecule has 0 spiro atoms. The first-order valence-corrected chi connectivity index (χ1v) is 12.1. The molecule has 3 aliphatic rings. The van der Waals surface area contributed by atoms with Crippen LogP contribution in [-0.2, 0) is 14.3 Å². The molecule has 2 amide bonds. The summed E-state index contributed by atoms with van der Waals surface area (Å²) in [4.78, 5) is 38.3. The van der Waals surface area contributed by atoms with Crippen LogP contribution in [0.15, 0.2) is 48.5 Å². The molecule has 1 heterocycles. The van der Waals surface area contributed by atoms with Crippen LogP contribution < -0.4 is 5.32 Å². The number of alkyl carbamates (subject to hydrolysis) is 1. The number of aliphatic carboxylic acids is 1. The molecular weight excluding hydrogens is 432 g/mol. The lowest BCUT2D eigenvalue weighted by Gasteiger charge is -2.35. The van der Waals surface area contributed by atoms with E-state index < -0.39 is 12.1 Å². The molecule has 0 unspecified atom stereocenters. The molecule has 2 aliphatic carbocycles. The Morgan fingerprint density at radius 2 is 1.68 bits per heavy atom. The SMILES string of the molecule is O=C(O)C[C@H]1CCCCN1C(=O)[C@@H]1C[C@@H]1CNC(=O)OCC1c2ccccc2-c2ccccc21. The number of benzene rings is 2. The van der Waals surface area contributed by atoms with Gasteiger partial charge in [-0.3, -0.25) is 9.59 Å². The molecule has 1 saturated heterocycles. The van der Waals surface area contributed by atoms with Crippen molar-refractivity contribution in [2.75, 3.05) is 19.7 Å². The molecule has 2 N–H and O–H groups in total. The molecule has 0 bridgehead atoms. The number of hydrogen-bond acceptors (Lipinski definition) is 4. The summed E-state index contributed by atoms with van der Waals surface area (Å²) in [6, 6.07) is 16.2. The van der Waals surface area contributed by atoms with Gasteiger partial charge in [0.2, 0.25) is 5.91 Å². The summed E-state index contributed by atoms with van der Waals surface area (Å²) in [7, 11) is 0. The van der Waals surface area contributed by atoms with Crippen molar-refractivity contribution >= 4 is 18.0 Å². The number of amides is 2. The van der Waals surface area contributed by atoms with Crippen LogP contribution in [0.5, 0.6) is 0 Å². The van der Waals surface area contributed by atoms with E-state index in [0.717, 1.165) is 25.7 Å². The lowest BCUT2D eigenvalue weighted by Crippen LogP contribution is -2.45. The van der Waals surface area contributed by atoms with E-state index in [1.54, 1.807) is 4.90 Å². The number of carboxylic acid groups (broad SMARTS) is 1. The van der Waals surface area contributed by atoms with Crippen LogP contribution in [0.1, 0.15) is 49.1 Å². The van der Waals surface area contributed by atoms with Gasteiger partial charge in [-0.1, -0.05) is 48.5 Å². The summed E-state index contributed by atoms with van der Waals surface area (Å²) in [5.41, 5.74) is 4.71. The molecule has 1 aliphatic heterocycles. The topological polar surface area (TPSA) is 95.9 Å². The molecule has 178 valence electrons. The molecule has 2 aromatic carbocycles. The lowest BCUT2D eigenvalue weighted by atomic mass is 9.98. The second-order valence-corrected chi connectivity index (χ2v) is 9.59. The van der Waals surface area contributed by atoms with E-state index in [9.17, 15) is 14.4 Å². The highest BCUT2D eigenvalue weighted by Crippen LogP contribution is 2.44. The Morgan fingerprint density at radius 3 is 2.35 bits per heavy atom. The van der Waals surface area contributed by atoms with Crippen LogP contribution in [0, 0.1) is 11.8 Å². The minimum Gasteiger partial charge on any atom is -0.481 e. The average molecular weight is 463 g/mol. The molecule has 2 fully saturated rings. The molecular formula is C27H30N2O5. The Balaban J connectivity index is 1.11. The van der Waals surface area contributed by atoms with Crippen LogP contribution in [0.25, 0.3) is 11.1 Å². The number of carbonyl (C=O) groups excluding carboxylic acids is 2. The average Bonchev–Trinajstić information content (AvgIpc) is 3.56. The van der Waals surface area contributed by atoms with Gasteiger partial charge in [-0.05, 0) is 53.9 Å². The summed E-state index contributed by atoms with van der Waals surface area (Å²) in [6.45, 7) is 1.28. The number of nitrogens with zero attached hydrogens (tertiary/aromatic N) is 1. The fourth-order valence-electron chi connectivity index (χ4n) is 5.56. The summed E-state index contributed by atoms with van der Waals surface area (Å²) in [6.07, 6.45) is 2.87. The van der Waals surface area contributed by atoms with Crippen molar-refractivity contribution in [3.8, 4) is 11.1 Å². The van der Waals surface area contributed by atoms with Crippen LogP contribution in [-0.4, -0.2) is 53.7 Å². The Kier molecular flexibility index (Phi) is 6.26. The monoisotopic (exact) mass is 462 g/mol. The van der Waals surface area contributed by atoms with Crippen LogP contribution in [0.2, 0.25) is 0 Å². The maximum absolute atomic E-state index is 12.9. The molecule has 7 heteroatoms. The zero-order chi connectivity index (χ0) is 23.7. The van der Waals surface area contributed by atoms with Crippen LogP contribution in [0.4, 0.5) is 4.79 Å². The first kappa shape index (κ1) is 22.4. The van der Waals surface area contributed by atoms with Gasteiger partial charge in [-0.25, -0.2) is 4.79 Å². The minimum atomic E-state index is -0.867. The zero-order valence-corrected chi connectivity index (χ0v) is 19.1. The fourth-order valence-corrected chi connectivity index (χ4v) is 5.56. The van der Waals surface area contributed by atoms with E-state index in [1.165, 1.54) is 22.3 Å². The number of piperidine rings is 1. The number of nitrogens with one attached hydrogen (secondary N) is 1. The second kappa shape index (κ2) is 9.49. The standard InChI is InChI=1S/C27H30N2O5/c30-25(31)14-18-7-5-6-12-29(18)26(32)23-13-17(23)15-28-27(33)34-16-24-21-10-3-1-8-19(21)20-9-2-4-11-22(20)24/h1-4,8-11,17-18,23-24H,5-7,12-16H2,(H,28,33)(H,30,31)/t17-,18-,23-/m1/s1. The fraction of sp³-hybridized carbons (Fsp3) is 0.444. The smallest absolute Gasteiger partial charge is 0.407 e. The first-order chi connectivity index (χ1) is 16.5. The minimum absolute atomic E-state index is 0.00112. The van der Waals surface area contributed by atoms with E-state index >= 15 is 0 Å². The molecule has 0 aromatic heterocycles. The summed E-state index contributed by atoms with van der Waals surface area (Å²) < 4.78 is 5.58. The highest BCUT2D eigenvalue weighted by molar-refractivity contribution is 5.83. The van der Waals surface area contributed by atoms with Crippen molar-refractivity contribution in [2.24, 2.45) is 11.8 Å². The maximum Gasteiger partial charge on any atom is 0.407 e.